The zero-order chi connectivity index (χ0) is 10.7. The maximum atomic E-state index is 4.31. The Kier molecular flexibility index (Phi) is 3.01. The van der Waals surface area contributed by atoms with Gasteiger partial charge >= 0.3 is 0 Å². The quantitative estimate of drug-likeness (QED) is 0.861. The molecule has 0 aliphatic carbocycles. The van der Waals surface area contributed by atoms with Gasteiger partial charge in [-0.1, -0.05) is 6.92 Å². The zero-order valence-electron chi connectivity index (χ0n) is 8.90. The van der Waals surface area contributed by atoms with E-state index in [2.05, 4.69) is 22.3 Å². The predicted octanol–water partition coefficient (Wildman–Crippen LogP) is 2.05. The summed E-state index contributed by atoms with van der Waals surface area (Å²) in [6.07, 6.45) is 4.73. The molecule has 2 heterocycles. The minimum Gasteiger partial charge on any atom is -0.365 e. The van der Waals surface area contributed by atoms with Crippen molar-refractivity contribution >= 4 is 17.2 Å². The summed E-state index contributed by atoms with van der Waals surface area (Å²) in [4.78, 5) is 5.57. The number of aryl methyl sites for hydroxylation is 2. The Balaban J connectivity index is 1.96. The maximum Gasteiger partial charge on any atom is 0.124 e. The molecular weight excluding hydrogens is 208 g/mol. The molecule has 2 aromatic rings. The van der Waals surface area contributed by atoms with Gasteiger partial charge in [-0.25, -0.2) is 4.98 Å². The van der Waals surface area contributed by atoms with Crippen molar-refractivity contribution in [3.05, 3.63) is 28.3 Å². The Hall–Kier alpha value is -1.36. The molecule has 0 unspecified atom stereocenters. The summed E-state index contributed by atoms with van der Waals surface area (Å²) >= 11 is 1.76. The van der Waals surface area contributed by atoms with Crippen LogP contribution in [0.5, 0.6) is 0 Å². The van der Waals surface area contributed by atoms with Crippen molar-refractivity contribution in [1.82, 2.24) is 14.8 Å². The SMILES string of the molecule is CCc1ncc(CNc2ccnn2C)s1. The van der Waals surface area contributed by atoms with Gasteiger partial charge in [-0.15, -0.1) is 11.3 Å². The Morgan fingerprint density at radius 2 is 2.40 bits per heavy atom. The Labute approximate surface area is 93.0 Å². The molecule has 4 nitrogen and oxygen atoms in total. The first-order chi connectivity index (χ1) is 7.29. The van der Waals surface area contributed by atoms with E-state index in [1.165, 1.54) is 9.88 Å². The van der Waals surface area contributed by atoms with Gasteiger partial charge in [0, 0.05) is 24.2 Å². The van der Waals surface area contributed by atoms with E-state index in [1.807, 2.05) is 24.0 Å². The lowest BCUT2D eigenvalue weighted by Gasteiger charge is -2.03. The Bertz CT molecular complexity index is 432. The highest BCUT2D eigenvalue weighted by Crippen LogP contribution is 2.15. The minimum atomic E-state index is 0.817. The van der Waals surface area contributed by atoms with Gasteiger partial charge in [0.1, 0.15) is 5.82 Å². The molecule has 15 heavy (non-hydrogen) atoms. The van der Waals surface area contributed by atoms with Crippen molar-refractivity contribution < 1.29 is 0 Å². The van der Waals surface area contributed by atoms with Crippen LogP contribution < -0.4 is 5.32 Å². The van der Waals surface area contributed by atoms with Gasteiger partial charge in [-0.05, 0) is 6.42 Å². The van der Waals surface area contributed by atoms with Crippen molar-refractivity contribution in [3.8, 4) is 0 Å². The summed E-state index contributed by atoms with van der Waals surface area (Å²) in [6.45, 7) is 2.94. The average Bonchev–Trinajstić information content (AvgIpc) is 2.84. The molecule has 0 atom stereocenters. The van der Waals surface area contributed by atoms with Crippen LogP contribution in [0.15, 0.2) is 18.5 Å². The lowest BCUT2D eigenvalue weighted by molar-refractivity contribution is 0.769. The molecule has 5 heteroatoms. The Morgan fingerprint density at radius 1 is 1.53 bits per heavy atom. The third kappa shape index (κ3) is 2.36. The van der Waals surface area contributed by atoms with Crippen molar-refractivity contribution in [2.45, 2.75) is 19.9 Å². The first-order valence-corrected chi connectivity index (χ1v) is 5.76. The number of aromatic nitrogens is 3. The first-order valence-electron chi connectivity index (χ1n) is 4.95. The molecule has 1 N–H and O–H groups in total. The van der Waals surface area contributed by atoms with Crippen LogP contribution in [0.4, 0.5) is 5.82 Å². The monoisotopic (exact) mass is 222 g/mol. The van der Waals surface area contributed by atoms with Crippen molar-refractivity contribution in [3.63, 3.8) is 0 Å². The van der Waals surface area contributed by atoms with Crippen molar-refractivity contribution in [2.75, 3.05) is 5.32 Å². The third-order valence-corrected chi connectivity index (χ3v) is 3.31. The number of anilines is 1. The Morgan fingerprint density at radius 3 is 3.00 bits per heavy atom. The molecule has 2 aromatic heterocycles. The highest BCUT2D eigenvalue weighted by Gasteiger charge is 2.01. The lowest BCUT2D eigenvalue weighted by atomic mass is 10.5. The van der Waals surface area contributed by atoms with Gasteiger partial charge in [-0.2, -0.15) is 5.10 Å². The number of hydrogen-bond donors (Lipinski definition) is 1. The summed E-state index contributed by atoms with van der Waals surface area (Å²) in [5, 5.41) is 8.60. The number of thiazole rings is 1. The van der Waals surface area contributed by atoms with Crippen LogP contribution in [0, 0.1) is 0 Å². The van der Waals surface area contributed by atoms with Crippen LogP contribution in [0.1, 0.15) is 16.8 Å². The number of hydrogen-bond acceptors (Lipinski definition) is 4. The molecule has 2 rings (SSSR count). The summed E-state index contributed by atoms with van der Waals surface area (Å²) in [7, 11) is 1.92. The smallest absolute Gasteiger partial charge is 0.124 e. The van der Waals surface area contributed by atoms with Crippen LogP contribution in [0.25, 0.3) is 0 Å². The van der Waals surface area contributed by atoms with Gasteiger partial charge in [0.15, 0.2) is 0 Å². The van der Waals surface area contributed by atoms with Gasteiger partial charge < -0.3 is 5.32 Å². The predicted molar refractivity (Wildman–Crippen MR) is 62.0 cm³/mol. The van der Waals surface area contributed by atoms with E-state index < -0.39 is 0 Å². The van der Waals surface area contributed by atoms with Crippen molar-refractivity contribution in [1.29, 1.82) is 0 Å². The number of rotatable bonds is 4. The molecule has 0 bridgehead atoms. The summed E-state index contributed by atoms with van der Waals surface area (Å²) in [6, 6.07) is 1.96. The van der Waals surface area contributed by atoms with Crippen LogP contribution in [0.3, 0.4) is 0 Å². The van der Waals surface area contributed by atoms with E-state index in [4.69, 9.17) is 0 Å². The molecule has 0 amide bonds. The highest BCUT2D eigenvalue weighted by molar-refractivity contribution is 7.11. The molecule has 80 valence electrons. The summed E-state index contributed by atoms with van der Waals surface area (Å²) < 4.78 is 1.82. The maximum absolute atomic E-state index is 4.31. The topological polar surface area (TPSA) is 42.7 Å². The largest absolute Gasteiger partial charge is 0.365 e. The number of nitrogens with one attached hydrogen (secondary N) is 1. The van der Waals surface area contributed by atoms with E-state index in [0.29, 0.717) is 0 Å². The lowest BCUT2D eigenvalue weighted by Crippen LogP contribution is -2.03. The van der Waals surface area contributed by atoms with Gasteiger partial charge in [0.2, 0.25) is 0 Å². The van der Waals surface area contributed by atoms with Gasteiger partial charge in [0.05, 0.1) is 17.7 Å². The minimum absolute atomic E-state index is 0.817. The molecule has 0 fully saturated rings. The van der Waals surface area contributed by atoms with E-state index in [0.717, 1.165) is 18.8 Å². The van der Waals surface area contributed by atoms with Crippen LogP contribution >= 0.6 is 11.3 Å². The third-order valence-electron chi connectivity index (χ3n) is 2.17. The second-order valence-corrected chi connectivity index (χ2v) is 4.47. The van der Waals surface area contributed by atoms with Crippen LogP contribution in [-0.4, -0.2) is 14.8 Å². The molecule has 0 saturated heterocycles. The fourth-order valence-corrected chi connectivity index (χ4v) is 2.12. The van der Waals surface area contributed by atoms with Gasteiger partial charge in [-0.3, -0.25) is 4.68 Å². The highest BCUT2D eigenvalue weighted by atomic mass is 32.1. The van der Waals surface area contributed by atoms with Crippen molar-refractivity contribution in [2.24, 2.45) is 7.05 Å². The second-order valence-electron chi connectivity index (χ2n) is 3.27. The summed E-state index contributed by atoms with van der Waals surface area (Å²) in [5.41, 5.74) is 0. The van der Waals surface area contributed by atoms with E-state index in [1.54, 1.807) is 17.5 Å². The summed E-state index contributed by atoms with van der Waals surface area (Å²) in [5.74, 6) is 1.03. The molecule has 0 aliphatic rings. The zero-order valence-corrected chi connectivity index (χ0v) is 9.71. The average molecular weight is 222 g/mol. The molecular formula is C10H14N4S. The molecule has 0 radical (unpaired) electrons. The fraction of sp³-hybridized carbons (Fsp3) is 0.400. The fourth-order valence-electron chi connectivity index (χ4n) is 1.32. The number of nitrogens with zero attached hydrogens (tertiary/aromatic N) is 3. The molecule has 0 spiro atoms. The molecule has 0 aromatic carbocycles. The molecule has 0 aliphatic heterocycles. The van der Waals surface area contributed by atoms with Gasteiger partial charge in [0.25, 0.3) is 0 Å². The van der Waals surface area contributed by atoms with Crippen LogP contribution in [-0.2, 0) is 20.0 Å². The van der Waals surface area contributed by atoms with E-state index in [-0.39, 0.29) is 0 Å². The van der Waals surface area contributed by atoms with E-state index >= 15 is 0 Å². The normalized spacial score (nSPS) is 10.5. The second kappa shape index (κ2) is 4.44. The molecule has 0 saturated carbocycles. The standard InChI is InChI=1S/C10H14N4S/c1-3-10-12-7-8(15-10)6-11-9-4-5-13-14(9)2/h4-5,7,11H,3,6H2,1-2H3. The van der Waals surface area contributed by atoms with E-state index in [9.17, 15) is 0 Å². The first kappa shape index (κ1) is 10.2. The van der Waals surface area contributed by atoms with Crippen LogP contribution in [0.2, 0.25) is 0 Å².